The number of fused-ring (bicyclic) bond motifs is 1. The van der Waals surface area contributed by atoms with Gasteiger partial charge in [-0.3, -0.25) is 14.5 Å². The van der Waals surface area contributed by atoms with Gasteiger partial charge in [-0.1, -0.05) is 42.2 Å². The number of thioether (sulfide) groups is 1. The molecule has 0 unspecified atom stereocenters. The van der Waals surface area contributed by atoms with Crippen molar-refractivity contribution in [1.29, 1.82) is 0 Å². The van der Waals surface area contributed by atoms with Gasteiger partial charge < -0.3 is 9.84 Å². The van der Waals surface area contributed by atoms with Gasteiger partial charge in [-0.05, 0) is 56.0 Å². The number of carboxylic acid groups (broad SMARTS) is 1. The van der Waals surface area contributed by atoms with E-state index < -0.39 is 12.5 Å². The van der Waals surface area contributed by atoms with Crippen LogP contribution >= 0.6 is 24.0 Å². The van der Waals surface area contributed by atoms with E-state index in [1.165, 1.54) is 5.56 Å². The Bertz CT molecular complexity index is 842. The fourth-order valence-electron chi connectivity index (χ4n) is 2.81. The number of hydrogen-bond donors (Lipinski definition) is 1. The SMILES string of the molecule is CC1(C)CCc2cc(C=CC=C3SC(=S)N(CC(=O)O)C3=O)ccc2O1. The van der Waals surface area contributed by atoms with Crippen molar-refractivity contribution in [1.82, 2.24) is 4.90 Å². The van der Waals surface area contributed by atoms with E-state index in [1.807, 2.05) is 18.2 Å². The number of amides is 1. The molecule has 0 bridgehead atoms. The van der Waals surface area contributed by atoms with Crippen molar-refractivity contribution in [3.8, 4) is 5.75 Å². The molecule has 2 aliphatic rings. The second kappa shape index (κ2) is 7.25. The third-order valence-corrected chi connectivity index (χ3v) is 5.57. The molecule has 5 nitrogen and oxygen atoms in total. The zero-order valence-electron chi connectivity index (χ0n) is 14.5. The Labute approximate surface area is 161 Å². The van der Waals surface area contributed by atoms with Crippen LogP contribution in [0.25, 0.3) is 6.08 Å². The summed E-state index contributed by atoms with van der Waals surface area (Å²) in [6, 6.07) is 6.03. The van der Waals surface area contributed by atoms with Gasteiger partial charge in [0.1, 0.15) is 22.2 Å². The molecule has 0 spiro atoms. The summed E-state index contributed by atoms with van der Waals surface area (Å²) < 4.78 is 6.25. The molecule has 1 aromatic rings. The Morgan fingerprint density at radius 1 is 1.46 bits per heavy atom. The smallest absolute Gasteiger partial charge is 0.323 e. The molecule has 0 saturated carbocycles. The van der Waals surface area contributed by atoms with Crippen LogP contribution in [0.1, 0.15) is 31.4 Å². The summed E-state index contributed by atoms with van der Waals surface area (Å²) in [5.74, 6) is -0.529. The number of rotatable bonds is 4. The highest BCUT2D eigenvalue weighted by Crippen LogP contribution is 2.34. The number of allylic oxidation sites excluding steroid dienone is 2. The van der Waals surface area contributed by atoms with E-state index in [0.29, 0.717) is 4.91 Å². The Morgan fingerprint density at radius 3 is 2.96 bits per heavy atom. The van der Waals surface area contributed by atoms with Crippen LogP contribution < -0.4 is 4.74 Å². The maximum atomic E-state index is 12.2. The van der Waals surface area contributed by atoms with Crippen LogP contribution in [0.15, 0.2) is 35.3 Å². The first-order chi connectivity index (χ1) is 12.2. The van der Waals surface area contributed by atoms with Gasteiger partial charge in [0, 0.05) is 0 Å². The largest absolute Gasteiger partial charge is 0.488 e. The highest BCUT2D eigenvalue weighted by Gasteiger charge is 2.32. The molecule has 0 aromatic heterocycles. The minimum atomic E-state index is -1.09. The van der Waals surface area contributed by atoms with E-state index >= 15 is 0 Å². The molecule has 0 aliphatic carbocycles. The number of aryl methyl sites for hydroxylation is 1. The van der Waals surface area contributed by atoms with Gasteiger partial charge in [-0.2, -0.15) is 0 Å². The number of ether oxygens (including phenoxy) is 1. The third kappa shape index (κ3) is 4.16. The van der Waals surface area contributed by atoms with Gasteiger partial charge in [-0.15, -0.1) is 0 Å². The molecule has 0 atom stereocenters. The fourth-order valence-corrected chi connectivity index (χ4v) is 4.02. The molecule has 136 valence electrons. The molecule has 1 fully saturated rings. The van der Waals surface area contributed by atoms with Crippen molar-refractivity contribution in [2.24, 2.45) is 0 Å². The van der Waals surface area contributed by atoms with Gasteiger partial charge in [0.05, 0.1) is 4.91 Å². The van der Waals surface area contributed by atoms with E-state index in [1.54, 1.807) is 12.2 Å². The standard InChI is InChI=1S/C19H19NO4S2/c1-19(2)9-8-13-10-12(6-7-14(13)24-19)4-3-5-15-17(23)20(11-16(21)22)18(25)26-15/h3-7,10H,8-9,11H2,1-2H3,(H,21,22). The Morgan fingerprint density at radius 2 is 2.23 bits per heavy atom. The average Bonchev–Trinajstić information content (AvgIpc) is 2.82. The summed E-state index contributed by atoms with van der Waals surface area (Å²) in [6.45, 7) is 3.77. The van der Waals surface area contributed by atoms with Gasteiger partial charge >= 0.3 is 5.97 Å². The number of hydrogen-bond acceptors (Lipinski definition) is 5. The number of benzene rings is 1. The third-order valence-electron chi connectivity index (χ3n) is 4.17. The number of nitrogens with zero attached hydrogens (tertiary/aromatic N) is 1. The highest BCUT2D eigenvalue weighted by molar-refractivity contribution is 8.26. The summed E-state index contributed by atoms with van der Waals surface area (Å²) in [5.41, 5.74) is 2.07. The maximum Gasteiger partial charge on any atom is 0.323 e. The topological polar surface area (TPSA) is 66.8 Å². The van der Waals surface area contributed by atoms with Crippen molar-refractivity contribution in [2.75, 3.05) is 6.54 Å². The van der Waals surface area contributed by atoms with Crippen LogP contribution in [-0.4, -0.2) is 38.3 Å². The first kappa shape index (κ1) is 18.7. The summed E-state index contributed by atoms with van der Waals surface area (Å²) in [5, 5.41) is 8.84. The van der Waals surface area contributed by atoms with Crippen molar-refractivity contribution in [3.05, 3.63) is 46.4 Å². The summed E-state index contributed by atoms with van der Waals surface area (Å²) >= 11 is 6.18. The normalized spacial score (nSPS) is 20.5. The van der Waals surface area contributed by atoms with E-state index in [2.05, 4.69) is 19.9 Å². The number of aliphatic carboxylic acids is 1. The van der Waals surface area contributed by atoms with Crippen molar-refractivity contribution in [2.45, 2.75) is 32.3 Å². The van der Waals surface area contributed by atoms with E-state index in [0.717, 1.165) is 40.8 Å². The molecule has 2 heterocycles. The summed E-state index contributed by atoms with van der Waals surface area (Å²) in [7, 11) is 0. The molecule has 0 radical (unpaired) electrons. The second-order valence-corrected chi connectivity index (χ2v) is 8.45. The van der Waals surface area contributed by atoms with Crippen molar-refractivity contribution < 1.29 is 19.4 Å². The fraction of sp³-hybridized carbons (Fsp3) is 0.316. The number of carboxylic acids is 1. The molecule has 7 heteroatoms. The zero-order chi connectivity index (χ0) is 18.9. The molecule has 1 aromatic carbocycles. The molecule has 2 aliphatic heterocycles. The van der Waals surface area contributed by atoms with Gasteiger partial charge in [-0.25, -0.2) is 0 Å². The lowest BCUT2D eigenvalue weighted by atomic mass is 9.93. The van der Waals surface area contributed by atoms with Crippen LogP contribution in [0.5, 0.6) is 5.75 Å². The second-order valence-electron chi connectivity index (χ2n) is 6.77. The van der Waals surface area contributed by atoms with E-state index in [-0.39, 0.29) is 15.8 Å². The molecule has 26 heavy (non-hydrogen) atoms. The Balaban J connectivity index is 1.71. The predicted molar refractivity (Wildman–Crippen MR) is 106 cm³/mol. The quantitative estimate of drug-likeness (QED) is 0.627. The number of thiocarbonyl (C=S) groups is 1. The summed E-state index contributed by atoms with van der Waals surface area (Å²) in [6.07, 6.45) is 7.30. The van der Waals surface area contributed by atoms with Crippen molar-refractivity contribution in [3.63, 3.8) is 0 Å². The Hall–Kier alpha value is -2.12. The molecule has 1 amide bonds. The molecular weight excluding hydrogens is 370 g/mol. The van der Waals surface area contributed by atoms with Crippen molar-refractivity contribution >= 4 is 46.3 Å². The van der Waals surface area contributed by atoms with Crippen LogP contribution in [-0.2, 0) is 16.0 Å². The molecule has 1 N–H and O–H groups in total. The molecule has 1 saturated heterocycles. The predicted octanol–water partition coefficient (Wildman–Crippen LogP) is 3.63. The van der Waals surface area contributed by atoms with Crippen LogP contribution in [0.2, 0.25) is 0 Å². The lowest BCUT2D eigenvalue weighted by Crippen LogP contribution is -2.33. The monoisotopic (exact) mass is 389 g/mol. The van der Waals surface area contributed by atoms with Gasteiger partial charge in [0.25, 0.3) is 5.91 Å². The lowest BCUT2D eigenvalue weighted by Gasteiger charge is -2.32. The van der Waals surface area contributed by atoms with Crippen LogP contribution in [0.4, 0.5) is 0 Å². The minimum Gasteiger partial charge on any atom is -0.488 e. The van der Waals surface area contributed by atoms with E-state index in [9.17, 15) is 9.59 Å². The Kier molecular flexibility index (Phi) is 5.20. The number of carbonyl (C=O) groups is 2. The average molecular weight is 389 g/mol. The van der Waals surface area contributed by atoms with Gasteiger partial charge in [0.2, 0.25) is 0 Å². The zero-order valence-corrected chi connectivity index (χ0v) is 16.2. The first-order valence-corrected chi connectivity index (χ1v) is 9.43. The lowest BCUT2D eigenvalue weighted by molar-refractivity contribution is -0.140. The first-order valence-electron chi connectivity index (χ1n) is 8.21. The maximum absolute atomic E-state index is 12.2. The highest BCUT2D eigenvalue weighted by atomic mass is 32.2. The van der Waals surface area contributed by atoms with Gasteiger partial charge in [0.15, 0.2) is 0 Å². The van der Waals surface area contributed by atoms with Crippen LogP contribution in [0, 0.1) is 0 Å². The molecule has 3 rings (SSSR count). The summed E-state index contributed by atoms with van der Waals surface area (Å²) in [4.78, 5) is 24.5. The molecular formula is C19H19NO4S2. The van der Waals surface area contributed by atoms with E-state index in [4.69, 9.17) is 22.1 Å². The number of carbonyl (C=O) groups excluding carboxylic acids is 1. The minimum absolute atomic E-state index is 0.130. The van der Waals surface area contributed by atoms with Crippen LogP contribution in [0.3, 0.4) is 0 Å².